The second-order valence-corrected chi connectivity index (χ2v) is 9.27. The van der Waals surface area contributed by atoms with E-state index in [9.17, 15) is 9.90 Å². The number of anilines is 1. The Bertz CT molecular complexity index is 1130. The fourth-order valence-electron chi connectivity index (χ4n) is 4.80. The van der Waals surface area contributed by atoms with Gasteiger partial charge < -0.3 is 19.7 Å². The van der Waals surface area contributed by atoms with E-state index >= 15 is 0 Å². The number of carbonyl (C=O) groups is 1. The molecule has 2 aromatic heterocycles. The van der Waals surface area contributed by atoms with Crippen LogP contribution in [-0.2, 0) is 16.0 Å². The molecule has 4 heterocycles. The third-order valence-corrected chi connectivity index (χ3v) is 7.29. The molecule has 0 amide bonds. The first-order valence-electron chi connectivity index (χ1n) is 11.2. The van der Waals surface area contributed by atoms with Crippen LogP contribution in [0.25, 0.3) is 22.4 Å². The number of rotatable bonds is 4. The number of halogens is 1. The number of benzene rings is 1. The van der Waals surface area contributed by atoms with E-state index in [1.54, 1.807) is 0 Å². The number of aromatic nitrogens is 3. The van der Waals surface area contributed by atoms with Crippen molar-refractivity contribution in [3.05, 3.63) is 41.0 Å². The number of pyridine rings is 1. The van der Waals surface area contributed by atoms with Crippen molar-refractivity contribution in [3.63, 3.8) is 0 Å². The molecule has 0 radical (unpaired) electrons. The van der Waals surface area contributed by atoms with Crippen LogP contribution in [0.1, 0.15) is 38.2 Å². The molecule has 2 aliphatic heterocycles. The molecule has 8 heteroatoms. The molecular formula is C24H27ClN4O3. The van der Waals surface area contributed by atoms with Crippen molar-refractivity contribution >= 4 is 34.4 Å². The number of nitrogens with one attached hydrogen (secondary N) is 1. The lowest BCUT2D eigenvalue weighted by molar-refractivity contribution is -0.158. The summed E-state index contributed by atoms with van der Waals surface area (Å²) in [5.74, 6) is 0.607. The maximum atomic E-state index is 11.2. The molecule has 0 saturated carbocycles. The van der Waals surface area contributed by atoms with Gasteiger partial charge in [-0.05, 0) is 61.9 Å². The minimum Gasteiger partial charge on any atom is -0.481 e. The highest BCUT2D eigenvalue weighted by molar-refractivity contribution is 6.32. The molecule has 2 fully saturated rings. The van der Waals surface area contributed by atoms with Crippen LogP contribution < -0.4 is 4.90 Å². The average molecular weight is 455 g/mol. The third kappa shape index (κ3) is 3.95. The fourth-order valence-corrected chi connectivity index (χ4v) is 5.09. The normalized spacial score (nSPS) is 20.7. The maximum Gasteiger partial charge on any atom is 0.308 e. The predicted molar refractivity (Wildman–Crippen MR) is 124 cm³/mol. The van der Waals surface area contributed by atoms with E-state index in [0.717, 1.165) is 77.6 Å². The van der Waals surface area contributed by atoms with Gasteiger partial charge in [0.25, 0.3) is 0 Å². The van der Waals surface area contributed by atoms with Crippen molar-refractivity contribution in [2.45, 2.75) is 44.6 Å². The summed E-state index contributed by atoms with van der Waals surface area (Å²) in [5, 5.41) is 9.94. The molecule has 2 aliphatic rings. The standard InChI is InChI=1S/C24H27ClN4O3/c1-2-15-11-19-20(12-18(15)25)28-22(27-19)16-3-4-21(26-13-16)29-9-7-24(8-10-29)6-5-17(14-32-24)23(30)31/h3-4,11-13,17H,2,5-10,14H2,1H3,(H,27,28)(H,30,31). The molecule has 1 unspecified atom stereocenters. The number of imidazole rings is 1. The molecule has 3 aromatic rings. The molecule has 1 spiro atoms. The summed E-state index contributed by atoms with van der Waals surface area (Å²) in [6.45, 7) is 4.11. The first kappa shape index (κ1) is 21.2. The minimum absolute atomic E-state index is 0.171. The van der Waals surface area contributed by atoms with Crippen molar-refractivity contribution in [2.75, 3.05) is 24.6 Å². The molecule has 2 N–H and O–H groups in total. The molecule has 168 valence electrons. The summed E-state index contributed by atoms with van der Waals surface area (Å²) < 4.78 is 6.05. The summed E-state index contributed by atoms with van der Waals surface area (Å²) in [6.07, 6.45) is 6.04. The predicted octanol–water partition coefficient (Wildman–Crippen LogP) is 4.69. The number of hydrogen-bond donors (Lipinski definition) is 2. The topological polar surface area (TPSA) is 91.3 Å². The number of aliphatic carboxylic acids is 1. The Kier molecular flexibility index (Phi) is 5.55. The first-order chi connectivity index (χ1) is 15.5. The smallest absolute Gasteiger partial charge is 0.308 e. The number of H-pyrrole nitrogens is 1. The van der Waals surface area contributed by atoms with E-state index in [1.165, 1.54) is 0 Å². The van der Waals surface area contributed by atoms with Crippen LogP contribution in [-0.4, -0.2) is 51.3 Å². The average Bonchev–Trinajstić information content (AvgIpc) is 3.22. The highest BCUT2D eigenvalue weighted by Crippen LogP contribution is 2.37. The van der Waals surface area contributed by atoms with Crippen molar-refractivity contribution < 1.29 is 14.6 Å². The van der Waals surface area contributed by atoms with Crippen LogP contribution in [0.15, 0.2) is 30.5 Å². The van der Waals surface area contributed by atoms with Crippen molar-refractivity contribution in [1.82, 2.24) is 15.0 Å². The van der Waals surface area contributed by atoms with Gasteiger partial charge in [-0.15, -0.1) is 0 Å². The maximum absolute atomic E-state index is 11.2. The third-order valence-electron chi connectivity index (χ3n) is 6.94. The Morgan fingerprint density at radius 2 is 2.12 bits per heavy atom. The number of fused-ring (bicyclic) bond motifs is 1. The molecular weight excluding hydrogens is 428 g/mol. The second kappa shape index (κ2) is 8.37. The van der Waals surface area contributed by atoms with Crippen LogP contribution in [0.2, 0.25) is 5.02 Å². The number of nitrogens with zero attached hydrogens (tertiary/aromatic N) is 3. The summed E-state index contributed by atoms with van der Waals surface area (Å²) >= 11 is 6.34. The van der Waals surface area contributed by atoms with Gasteiger partial charge in [0.1, 0.15) is 11.6 Å². The van der Waals surface area contributed by atoms with E-state index in [-0.39, 0.29) is 11.5 Å². The van der Waals surface area contributed by atoms with Gasteiger partial charge in [-0.2, -0.15) is 0 Å². The van der Waals surface area contributed by atoms with E-state index < -0.39 is 5.97 Å². The Morgan fingerprint density at radius 3 is 2.75 bits per heavy atom. The van der Waals surface area contributed by atoms with Crippen LogP contribution in [0.5, 0.6) is 0 Å². The van der Waals surface area contributed by atoms with E-state index in [1.807, 2.05) is 30.5 Å². The lowest BCUT2D eigenvalue weighted by Gasteiger charge is -2.45. The number of carboxylic acids is 1. The van der Waals surface area contributed by atoms with Crippen molar-refractivity contribution in [3.8, 4) is 11.4 Å². The minimum atomic E-state index is -0.750. The molecule has 1 aromatic carbocycles. The molecule has 1 atom stereocenters. The molecule has 7 nitrogen and oxygen atoms in total. The Hall–Kier alpha value is -2.64. The van der Waals surface area contributed by atoms with Gasteiger partial charge in [-0.1, -0.05) is 18.5 Å². The fraction of sp³-hybridized carbons (Fsp3) is 0.458. The quantitative estimate of drug-likeness (QED) is 0.594. The summed E-state index contributed by atoms with van der Waals surface area (Å²) in [6, 6.07) is 8.05. The van der Waals surface area contributed by atoms with Crippen LogP contribution in [0.3, 0.4) is 0 Å². The lowest BCUT2D eigenvalue weighted by atomic mass is 9.82. The zero-order chi connectivity index (χ0) is 22.3. The van der Waals surface area contributed by atoms with Gasteiger partial charge >= 0.3 is 5.97 Å². The van der Waals surface area contributed by atoms with E-state index in [0.29, 0.717) is 13.0 Å². The van der Waals surface area contributed by atoms with Crippen LogP contribution in [0.4, 0.5) is 5.82 Å². The highest BCUT2D eigenvalue weighted by Gasteiger charge is 2.41. The summed E-state index contributed by atoms with van der Waals surface area (Å²) in [4.78, 5) is 26.2. The molecule has 2 saturated heterocycles. The number of aromatic amines is 1. The van der Waals surface area contributed by atoms with Gasteiger partial charge in [-0.25, -0.2) is 9.97 Å². The first-order valence-corrected chi connectivity index (χ1v) is 11.6. The highest BCUT2D eigenvalue weighted by atomic mass is 35.5. The summed E-state index contributed by atoms with van der Waals surface area (Å²) in [5.41, 5.74) is 3.68. The molecule has 0 bridgehead atoms. The zero-order valence-electron chi connectivity index (χ0n) is 18.1. The van der Waals surface area contributed by atoms with Crippen LogP contribution in [0, 0.1) is 5.92 Å². The van der Waals surface area contributed by atoms with Crippen LogP contribution >= 0.6 is 11.6 Å². The van der Waals surface area contributed by atoms with E-state index in [2.05, 4.69) is 16.8 Å². The molecule has 0 aliphatic carbocycles. The van der Waals surface area contributed by atoms with Gasteiger partial charge in [0.15, 0.2) is 0 Å². The largest absolute Gasteiger partial charge is 0.481 e. The van der Waals surface area contributed by atoms with Crippen molar-refractivity contribution in [1.29, 1.82) is 0 Å². The molecule has 5 rings (SSSR count). The Morgan fingerprint density at radius 1 is 1.31 bits per heavy atom. The van der Waals surface area contributed by atoms with E-state index in [4.69, 9.17) is 26.3 Å². The lowest BCUT2D eigenvalue weighted by Crippen LogP contribution is -2.50. The summed E-state index contributed by atoms with van der Waals surface area (Å²) in [7, 11) is 0. The number of piperidine rings is 1. The Balaban J connectivity index is 1.26. The van der Waals surface area contributed by atoms with Gasteiger partial charge in [0.2, 0.25) is 0 Å². The SMILES string of the molecule is CCc1cc2nc(-c3ccc(N4CCC5(CCC(C(=O)O)CO5)CC4)nc3)[nH]c2cc1Cl. The Labute approximate surface area is 191 Å². The van der Waals surface area contributed by atoms with Gasteiger partial charge in [0.05, 0.1) is 29.2 Å². The van der Waals surface area contributed by atoms with Gasteiger partial charge in [0, 0.05) is 29.9 Å². The number of ether oxygens (including phenoxy) is 1. The number of aryl methyl sites for hydroxylation is 1. The molecule has 32 heavy (non-hydrogen) atoms. The van der Waals surface area contributed by atoms with Gasteiger partial charge in [-0.3, -0.25) is 4.79 Å². The number of carboxylic acid groups (broad SMARTS) is 1. The van der Waals surface area contributed by atoms with Crippen molar-refractivity contribution in [2.24, 2.45) is 5.92 Å². The monoisotopic (exact) mass is 454 g/mol. The number of hydrogen-bond acceptors (Lipinski definition) is 5. The second-order valence-electron chi connectivity index (χ2n) is 8.86. The zero-order valence-corrected chi connectivity index (χ0v) is 18.9.